The van der Waals surface area contributed by atoms with Crippen LogP contribution in [0.4, 0.5) is 4.39 Å². The summed E-state index contributed by atoms with van der Waals surface area (Å²) in [5, 5.41) is 3.63. The van der Waals surface area contributed by atoms with Crippen molar-refractivity contribution >= 4 is 5.78 Å². The number of benzene rings is 1. The third-order valence-electron chi connectivity index (χ3n) is 6.33. The Morgan fingerprint density at radius 3 is 2.64 bits per heavy atom. The average Bonchev–Trinajstić information content (AvgIpc) is 2.68. The molecular formula is C25H36FNO. The van der Waals surface area contributed by atoms with Gasteiger partial charge < -0.3 is 5.32 Å². The van der Waals surface area contributed by atoms with Crippen molar-refractivity contribution < 1.29 is 9.18 Å². The van der Waals surface area contributed by atoms with Crippen molar-refractivity contribution in [3.05, 3.63) is 57.9 Å². The van der Waals surface area contributed by atoms with Gasteiger partial charge in [-0.05, 0) is 93.7 Å². The Hall–Kier alpha value is -1.74. The van der Waals surface area contributed by atoms with Gasteiger partial charge in [-0.1, -0.05) is 32.9 Å². The fourth-order valence-corrected chi connectivity index (χ4v) is 4.70. The predicted molar refractivity (Wildman–Crippen MR) is 117 cm³/mol. The van der Waals surface area contributed by atoms with Crippen molar-refractivity contribution in [3.8, 4) is 0 Å². The van der Waals surface area contributed by atoms with E-state index in [-0.39, 0.29) is 11.6 Å². The van der Waals surface area contributed by atoms with E-state index in [4.69, 9.17) is 0 Å². The lowest BCUT2D eigenvalue weighted by molar-refractivity contribution is 0.103. The van der Waals surface area contributed by atoms with Crippen LogP contribution in [0, 0.1) is 18.7 Å². The highest BCUT2D eigenvalue weighted by Gasteiger charge is 2.25. The van der Waals surface area contributed by atoms with Crippen molar-refractivity contribution in [1.29, 1.82) is 0 Å². The molecule has 28 heavy (non-hydrogen) atoms. The van der Waals surface area contributed by atoms with Gasteiger partial charge in [0.05, 0.1) is 0 Å². The second kappa shape index (κ2) is 10.2. The second-order valence-electron chi connectivity index (χ2n) is 8.06. The standard InChI is InChI=1S/C25H36FNO/c1-7-18-11-10-14-27-24(18)13-12-21-20(9-3)17(6)22(15-23(21)26)25(28)19(8-2)16(4)5/h8,15,18,24,27H,4,7,9-14H2,1-3,5-6H3/b19-8-. The molecule has 0 aromatic heterocycles. The number of allylic oxidation sites excluding steroid dienone is 3. The van der Waals surface area contributed by atoms with E-state index in [9.17, 15) is 4.79 Å². The molecule has 0 saturated carbocycles. The van der Waals surface area contributed by atoms with Crippen LogP contribution < -0.4 is 5.32 Å². The fraction of sp³-hybridized carbons (Fsp3) is 0.560. The lowest BCUT2D eigenvalue weighted by Crippen LogP contribution is -2.41. The average molecular weight is 386 g/mol. The van der Waals surface area contributed by atoms with Crippen molar-refractivity contribution in [1.82, 2.24) is 5.32 Å². The molecule has 2 unspecified atom stereocenters. The van der Waals surface area contributed by atoms with Crippen LogP contribution in [0.3, 0.4) is 0 Å². The zero-order valence-electron chi connectivity index (χ0n) is 18.3. The summed E-state index contributed by atoms with van der Waals surface area (Å²) in [6, 6.07) is 1.91. The van der Waals surface area contributed by atoms with Crippen molar-refractivity contribution in [2.75, 3.05) is 6.54 Å². The van der Waals surface area contributed by atoms with E-state index in [0.29, 0.717) is 28.7 Å². The van der Waals surface area contributed by atoms with E-state index in [1.807, 2.05) is 27.7 Å². The number of hydrogen-bond donors (Lipinski definition) is 1. The maximum Gasteiger partial charge on any atom is 0.193 e. The van der Waals surface area contributed by atoms with Gasteiger partial charge in [0.15, 0.2) is 5.78 Å². The summed E-state index contributed by atoms with van der Waals surface area (Å²) in [6.45, 7) is 14.8. The summed E-state index contributed by atoms with van der Waals surface area (Å²) >= 11 is 0. The van der Waals surface area contributed by atoms with Crippen LogP contribution in [0.1, 0.15) is 80.4 Å². The number of hydrogen-bond acceptors (Lipinski definition) is 2. The smallest absolute Gasteiger partial charge is 0.193 e. The fourth-order valence-electron chi connectivity index (χ4n) is 4.70. The van der Waals surface area contributed by atoms with E-state index >= 15 is 4.39 Å². The summed E-state index contributed by atoms with van der Waals surface area (Å²) in [5.74, 6) is 0.302. The summed E-state index contributed by atoms with van der Waals surface area (Å²) in [5.41, 5.74) is 4.43. The van der Waals surface area contributed by atoms with Gasteiger partial charge in [0.1, 0.15) is 5.82 Å². The molecule has 1 fully saturated rings. The molecule has 0 amide bonds. The predicted octanol–water partition coefficient (Wildman–Crippen LogP) is 6.11. The number of piperidine rings is 1. The summed E-state index contributed by atoms with van der Waals surface area (Å²) < 4.78 is 15.1. The van der Waals surface area contributed by atoms with Crippen LogP contribution in [0.15, 0.2) is 29.9 Å². The molecule has 1 heterocycles. The molecule has 1 aliphatic rings. The Morgan fingerprint density at radius 1 is 1.36 bits per heavy atom. The van der Waals surface area contributed by atoms with Gasteiger partial charge in [-0.2, -0.15) is 0 Å². The van der Waals surface area contributed by atoms with Gasteiger partial charge in [-0.25, -0.2) is 4.39 Å². The van der Waals surface area contributed by atoms with E-state index in [0.717, 1.165) is 42.5 Å². The SMILES string of the molecule is C=C(C)/C(=C/C)C(=O)c1cc(F)c(CCC2NCCCC2CC)c(CC)c1C. The van der Waals surface area contributed by atoms with Crippen molar-refractivity contribution in [3.63, 3.8) is 0 Å². The summed E-state index contributed by atoms with van der Waals surface area (Å²) in [6.07, 6.45) is 7.82. The normalized spacial score (nSPS) is 20.3. The Labute approximate surface area is 170 Å². The molecule has 1 saturated heterocycles. The van der Waals surface area contributed by atoms with Crippen LogP contribution in [-0.4, -0.2) is 18.4 Å². The summed E-state index contributed by atoms with van der Waals surface area (Å²) in [4.78, 5) is 13.0. The molecule has 1 aromatic rings. The van der Waals surface area contributed by atoms with E-state index < -0.39 is 0 Å². The quantitative estimate of drug-likeness (QED) is 0.332. The molecule has 1 aromatic carbocycles. The first-order valence-corrected chi connectivity index (χ1v) is 10.8. The number of ketones is 1. The molecule has 0 radical (unpaired) electrons. The highest BCUT2D eigenvalue weighted by Crippen LogP contribution is 2.29. The van der Waals surface area contributed by atoms with Gasteiger partial charge in [0, 0.05) is 17.2 Å². The number of carbonyl (C=O) groups excluding carboxylic acids is 1. The van der Waals surface area contributed by atoms with Crippen molar-refractivity contribution in [2.24, 2.45) is 5.92 Å². The third kappa shape index (κ3) is 4.81. The van der Waals surface area contributed by atoms with Crippen LogP contribution in [0.5, 0.6) is 0 Å². The second-order valence-corrected chi connectivity index (χ2v) is 8.06. The number of Topliss-reactive ketones (excluding diaryl/α,β-unsaturated/α-hetero) is 1. The number of rotatable bonds is 8. The Bertz CT molecular complexity index is 762. The molecule has 3 heteroatoms. The largest absolute Gasteiger partial charge is 0.314 e. The van der Waals surface area contributed by atoms with Gasteiger partial charge >= 0.3 is 0 Å². The first-order valence-electron chi connectivity index (χ1n) is 10.8. The highest BCUT2D eigenvalue weighted by molar-refractivity contribution is 6.12. The van der Waals surface area contributed by atoms with E-state index in [2.05, 4.69) is 18.8 Å². The molecule has 2 nitrogen and oxygen atoms in total. The number of carbonyl (C=O) groups is 1. The van der Waals surface area contributed by atoms with Crippen LogP contribution in [-0.2, 0) is 12.8 Å². The molecule has 0 aliphatic carbocycles. The Kier molecular flexibility index (Phi) is 8.18. The molecule has 1 N–H and O–H groups in total. The highest BCUT2D eigenvalue weighted by atomic mass is 19.1. The topological polar surface area (TPSA) is 29.1 Å². The van der Waals surface area contributed by atoms with Crippen LogP contribution in [0.25, 0.3) is 0 Å². The first-order chi connectivity index (χ1) is 13.3. The minimum Gasteiger partial charge on any atom is -0.314 e. The number of nitrogens with one attached hydrogen (secondary N) is 1. The van der Waals surface area contributed by atoms with E-state index in [1.165, 1.54) is 25.3 Å². The zero-order valence-corrected chi connectivity index (χ0v) is 18.3. The Morgan fingerprint density at radius 2 is 2.07 bits per heavy atom. The zero-order chi connectivity index (χ0) is 20.8. The lowest BCUT2D eigenvalue weighted by Gasteiger charge is -2.32. The molecular weight excluding hydrogens is 349 g/mol. The first kappa shape index (κ1) is 22.5. The maximum absolute atomic E-state index is 15.1. The number of halogens is 1. The van der Waals surface area contributed by atoms with Gasteiger partial charge in [0.25, 0.3) is 0 Å². The Balaban J connectivity index is 2.33. The van der Waals surface area contributed by atoms with Gasteiger partial charge in [-0.3, -0.25) is 4.79 Å². The molecule has 154 valence electrons. The summed E-state index contributed by atoms with van der Waals surface area (Å²) in [7, 11) is 0. The molecule has 1 aliphatic heterocycles. The minimum absolute atomic E-state index is 0.132. The lowest BCUT2D eigenvalue weighted by atomic mass is 9.83. The minimum atomic E-state index is -0.244. The monoisotopic (exact) mass is 385 g/mol. The van der Waals surface area contributed by atoms with Gasteiger partial charge in [0.2, 0.25) is 0 Å². The molecule has 2 atom stereocenters. The molecule has 0 bridgehead atoms. The van der Waals surface area contributed by atoms with Gasteiger partial charge in [-0.15, -0.1) is 0 Å². The van der Waals surface area contributed by atoms with E-state index in [1.54, 1.807) is 6.08 Å². The molecule has 2 rings (SSSR count). The third-order valence-corrected chi connectivity index (χ3v) is 6.33. The molecule has 0 spiro atoms. The van der Waals surface area contributed by atoms with Crippen LogP contribution >= 0.6 is 0 Å². The maximum atomic E-state index is 15.1. The van der Waals surface area contributed by atoms with Crippen LogP contribution in [0.2, 0.25) is 0 Å². The van der Waals surface area contributed by atoms with Crippen molar-refractivity contribution in [2.45, 2.75) is 79.2 Å².